The van der Waals surface area contributed by atoms with E-state index in [-0.39, 0.29) is 12.4 Å². The van der Waals surface area contributed by atoms with Gasteiger partial charge in [0.2, 0.25) is 5.78 Å². The van der Waals surface area contributed by atoms with Gasteiger partial charge in [0.15, 0.2) is 6.61 Å². The number of rotatable bonds is 4. The van der Waals surface area contributed by atoms with Gasteiger partial charge in [-0.05, 0) is 25.1 Å². The molecule has 0 aliphatic rings. The van der Waals surface area contributed by atoms with Crippen LogP contribution in [0.5, 0.6) is 0 Å². The molecule has 0 aliphatic heterocycles. The Kier molecular flexibility index (Phi) is 4.42. The molecule has 0 atom stereocenters. The second-order valence-corrected chi connectivity index (χ2v) is 5.81. The van der Waals surface area contributed by atoms with E-state index >= 15 is 0 Å². The topological polar surface area (TPSA) is 69.4 Å². The molecule has 1 aromatic heterocycles. The van der Waals surface area contributed by atoms with Crippen LogP contribution in [0.1, 0.15) is 25.6 Å². The summed E-state index contributed by atoms with van der Waals surface area (Å²) in [4.78, 5) is 24.6. The van der Waals surface area contributed by atoms with E-state index in [2.05, 4.69) is 0 Å². The fourth-order valence-electron chi connectivity index (χ4n) is 1.67. The zero-order chi connectivity index (χ0) is 14.7. The molecule has 1 heterocycles. The first-order valence-electron chi connectivity index (χ1n) is 5.80. The Hall–Kier alpha value is -1.85. The number of nitrogens with two attached hydrogens (primary N) is 1. The van der Waals surface area contributed by atoms with Crippen LogP contribution < -0.4 is 5.73 Å². The molecule has 2 N–H and O–H groups in total. The normalized spacial score (nSPS) is 10.3. The lowest BCUT2D eigenvalue weighted by Gasteiger charge is -2.05. The number of aryl methyl sites for hydroxylation is 1. The molecule has 0 amide bonds. The van der Waals surface area contributed by atoms with Gasteiger partial charge < -0.3 is 10.5 Å². The van der Waals surface area contributed by atoms with E-state index in [9.17, 15) is 9.59 Å². The smallest absolute Gasteiger partial charge is 0.341 e. The lowest BCUT2D eigenvalue weighted by atomic mass is 10.1. The van der Waals surface area contributed by atoms with Gasteiger partial charge in [0.05, 0.1) is 10.6 Å². The van der Waals surface area contributed by atoms with Gasteiger partial charge in [0.25, 0.3) is 0 Å². The highest BCUT2D eigenvalue weighted by molar-refractivity contribution is 7.16. The minimum absolute atomic E-state index is 0.291. The number of ketones is 1. The molecule has 0 radical (unpaired) electrons. The number of anilines is 1. The zero-order valence-corrected chi connectivity index (χ0v) is 12.3. The zero-order valence-electron chi connectivity index (χ0n) is 10.7. The van der Waals surface area contributed by atoms with Crippen LogP contribution in [0.15, 0.2) is 30.3 Å². The summed E-state index contributed by atoms with van der Waals surface area (Å²) in [7, 11) is 0. The number of nitrogen functional groups attached to an aromatic ring is 1. The minimum atomic E-state index is -0.604. The predicted octanol–water partition coefficient (Wildman–Crippen LogP) is 3.33. The summed E-state index contributed by atoms with van der Waals surface area (Å²) in [5, 5.41) is 0.720. The summed E-state index contributed by atoms with van der Waals surface area (Å²) >= 11 is 7.20. The Bertz CT molecular complexity index is 666. The Balaban J connectivity index is 2.02. The Morgan fingerprint density at radius 3 is 2.60 bits per heavy atom. The Labute approximate surface area is 125 Å². The number of esters is 1. The number of carbonyl (C=O) groups excluding carboxylic acids is 2. The van der Waals surface area contributed by atoms with Crippen LogP contribution in [0, 0.1) is 6.92 Å². The number of carbonyl (C=O) groups is 2. The fraction of sp³-hybridized carbons (Fsp3) is 0.143. The summed E-state index contributed by atoms with van der Waals surface area (Å²) in [5.41, 5.74) is 6.32. The summed E-state index contributed by atoms with van der Waals surface area (Å²) in [6.45, 7) is 1.48. The lowest BCUT2D eigenvalue weighted by Crippen LogP contribution is -2.15. The molecule has 6 heteroatoms. The lowest BCUT2D eigenvalue weighted by molar-refractivity contribution is 0.0476. The van der Waals surface area contributed by atoms with Crippen LogP contribution in [0.3, 0.4) is 0 Å². The summed E-state index contributed by atoms with van der Waals surface area (Å²) < 4.78 is 4.97. The largest absolute Gasteiger partial charge is 0.454 e. The van der Waals surface area contributed by atoms with Crippen molar-refractivity contribution in [2.24, 2.45) is 0 Å². The molecule has 1 aromatic carbocycles. The van der Waals surface area contributed by atoms with Crippen LogP contribution in [0.2, 0.25) is 5.02 Å². The van der Waals surface area contributed by atoms with E-state index in [0.717, 1.165) is 4.88 Å². The monoisotopic (exact) mass is 309 g/mol. The molecule has 0 saturated carbocycles. The first-order chi connectivity index (χ1) is 9.49. The SMILES string of the molecule is Cc1cc(C(=O)OCC(=O)c2ccccc2Cl)c(N)s1. The van der Waals surface area contributed by atoms with E-state index in [0.29, 0.717) is 21.2 Å². The highest BCUT2D eigenvalue weighted by atomic mass is 35.5. The third-order valence-corrected chi connectivity index (χ3v) is 3.82. The molecule has 0 aliphatic carbocycles. The summed E-state index contributed by atoms with van der Waals surface area (Å²) in [6.07, 6.45) is 0. The molecule has 104 valence electrons. The Morgan fingerprint density at radius 1 is 1.30 bits per heavy atom. The third kappa shape index (κ3) is 3.18. The van der Waals surface area contributed by atoms with Crippen molar-refractivity contribution in [3.8, 4) is 0 Å². The van der Waals surface area contributed by atoms with Crippen LogP contribution in [0.25, 0.3) is 0 Å². The first kappa shape index (κ1) is 14.6. The highest BCUT2D eigenvalue weighted by Gasteiger charge is 2.17. The van der Waals surface area contributed by atoms with Crippen LogP contribution in [-0.4, -0.2) is 18.4 Å². The third-order valence-electron chi connectivity index (χ3n) is 2.61. The van der Waals surface area contributed by atoms with Gasteiger partial charge in [0, 0.05) is 10.4 Å². The van der Waals surface area contributed by atoms with Gasteiger partial charge in [0.1, 0.15) is 5.00 Å². The molecular weight excluding hydrogens is 298 g/mol. The molecule has 0 spiro atoms. The van der Waals surface area contributed by atoms with Crippen molar-refractivity contribution in [3.63, 3.8) is 0 Å². The Morgan fingerprint density at radius 2 is 2.00 bits per heavy atom. The quantitative estimate of drug-likeness (QED) is 0.694. The van der Waals surface area contributed by atoms with Crippen molar-refractivity contribution in [1.29, 1.82) is 0 Å². The first-order valence-corrected chi connectivity index (χ1v) is 6.99. The van der Waals surface area contributed by atoms with Crippen molar-refractivity contribution in [3.05, 3.63) is 51.4 Å². The summed E-state index contributed by atoms with van der Waals surface area (Å²) in [5.74, 6) is -0.957. The van der Waals surface area contributed by atoms with Gasteiger partial charge in [-0.15, -0.1) is 11.3 Å². The van der Waals surface area contributed by atoms with E-state index in [1.807, 2.05) is 6.92 Å². The second-order valence-electron chi connectivity index (χ2n) is 4.11. The van der Waals surface area contributed by atoms with Crippen LogP contribution in [-0.2, 0) is 4.74 Å². The van der Waals surface area contributed by atoms with Gasteiger partial charge in [-0.25, -0.2) is 4.79 Å². The second kappa shape index (κ2) is 6.07. The maximum atomic E-state index is 11.9. The van der Waals surface area contributed by atoms with Crippen molar-refractivity contribution in [1.82, 2.24) is 0 Å². The van der Waals surface area contributed by atoms with Crippen molar-refractivity contribution < 1.29 is 14.3 Å². The molecule has 20 heavy (non-hydrogen) atoms. The standard InChI is InChI=1S/C14H12ClNO3S/c1-8-6-10(13(16)20-8)14(18)19-7-12(17)9-4-2-3-5-11(9)15/h2-6H,7,16H2,1H3. The molecule has 0 saturated heterocycles. The van der Waals surface area contributed by atoms with Gasteiger partial charge in [-0.1, -0.05) is 23.7 Å². The van der Waals surface area contributed by atoms with Crippen molar-refractivity contribution in [2.45, 2.75) is 6.92 Å². The average Bonchev–Trinajstić information content (AvgIpc) is 2.75. The molecule has 2 rings (SSSR count). The number of thiophene rings is 1. The average molecular weight is 310 g/mol. The van der Waals surface area contributed by atoms with E-state index in [4.69, 9.17) is 22.1 Å². The molecule has 0 unspecified atom stereocenters. The predicted molar refractivity (Wildman–Crippen MR) is 79.5 cm³/mol. The maximum Gasteiger partial charge on any atom is 0.341 e. The van der Waals surface area contributed by atoms with Crippen molar-refractivity contribution in [2.75, 3.05) is 12.3 Å². The molecule has 2 aromatic rings. The maximum absolute atomic E-state index is 11.9. The molecule has 0 fully saturated rings. The number of hydrogen-bond acceptors (Lipinski definition) is 5. The van der Waals surface area contributed by atoms with E-state index < -0.39 is 5.97 Å². The number of halogens is 1. The van der Waals surface area contributed by atoms with Gasteiger partial charge in [-0.3, -0.25) is 4.79 Å². The van der Waals surface area contributed by atoms with Crippen LogP contribution >= 0.6 is 22.9 Å². The highest BCUT2D eigenvalue weighted by Crippen LogP contribution is 2.25. The van der Waals surface area contributed by atoms with Gasteiger partial charge >= 0.3 is 5.97 Å². The molecular formula is C14H12ClNO3S. The molecule has 4 nitrogen and oxygen atoms in total. The number of benzene rings is 1. The number of ether oxygens (including phenoxy) is 1. The van der Waals surface area contributed by atoms with E-state index in [1.165, 1.54) is 11.3 Å². The van der Waals surface area contributed by atoms with E-state index in [1.54, 1.807) is 30.3 Å². The molecule has 0 bridgehead atoms. The van der Waals surface area contributed by atoms with Crippen LogP contribution in [0.4, 0.5) is 5.00 Å². The van der Waals surface area contributed by atoms with Gasteiger partial charge in [-0.2, -0.15) is 0 Å². The number of Topliss-reactive ketones (excluding diaryl/α,β-unsaturated/α-hetero) is 1. The minimum Gasteiger partial charge on any atom is -0.454 e. The summed E-state index contributed by atoms with van der Waals surface area (Å²) in [6, 6.07) is 8.25. The fourth-order valence-corrected chi connectivity index (χ4v) is 2.68. The van der Waals surface area contributed by atoms with Crippen molar-refractivity contribution >= 4 is 39.7 Å². The number of hydrogen-bond donors (Lipinski definition) is 1.